The fourth-order valence-corrected chi connectivity index (χ4v) is 12.8. The summed E-state index contributed by atoms with van der Waals surface area (Å²) in [6.07, 6.45) is 0. The van der Waals surface area contributed by atoms with Gasteiger partial charge in [0.25, 0.3) is 0 Å². The highest BCUT2D eigenvalue weighted by Crippen LogP contribution is 2.44. The lowest BCUT2D eigenvalue weighted by Crippen LogP contribution is -2.10. The van der Waals surface area contributed by atoms with Crippen LogP contribution >= 0.6 is 0 Å². The molecule has 384 valence electrons. The van der Waals surface area contributed by atoms with E-state index >= 15 is 0 Å². The number of rotatable bonds is 9. The highest BCUT2D eigenvalue weighted by atomic mass is 16.3. The van der Waals surface area contributed by atoms with Crippen LogP contribution in [-0.4, -0.2) is 23.7 Å². The first-order valence-electron chi connectivity index (χ1n) is 27.7. The zero-order valence-corrected chi connectivity index (χ0v) is 44.2. The first-order valence-corrected chi connectivity index (χ1v) is 27.7. The third-order valence-electron chi connectivity index (χ3n) is 16.4. The smallest absolute Gasteiger partial charge is 0.237 e. The Bertz CT molecular complexity index is 5270. The van der Waals surface area contributed by atoms with Crippen molar-refractivity contribution in [3.8, 4) is 17.5 Å². The SMILES string of the molecule is c1ccc(N(c2ccccc2)c2ccc3c(c2)c2ccccc2n3-c2nc(-n3c4ccccc4c4cc(N(c5ccccc5)c5ccccc5)ccc43)c3cc(-n4c5ccccc5c5cc6c(cc54)oc4ccccc46)ccc3n2)cc1. The number of furan rings is 1. The predicted octanol–water partition coefficient (Wildman–Crippen LogP) is 19.8. The van der Waals surface area contributed by atoms with Gasteiger partial charge in [0, 0.05) is 94.4 Å². The van der Waals surface area contributed by atoms with Crippen LogP contribution in [0.15, 0.2) is 290 Å². The zero-order valence-electron chi connectivity index (χ0n) is 44.2. The van der Waals surface area contributed by atoms with E-state index in [1.165, 1.54) is 5.39 Å². The summed E-state index contributed by atoms with van der Waals surface area (Å²) in [6.45, 7) is 0. The maximum absolute atomic E-state index is 6.56. The third kappa shape index (κ3) is 7.05. The Morgan fingerprint density at radius 1 is 0.256 bits per heavy atom. The molecule has 0 aliphatic carbocycles. The Morgan fingerprint density at radius 3 is 1.24 bits per heavy atom. The summed E-state index contributed by atoms with van der Waals surface area (Å²) in [5.74, 6) is 1.34. The molecule has 0 N–H and O–H groups in total. The zero-order chi connectivity index (χ0) is 53.8. The summed E-state index contributed by atoms with van der Waals surface area (Å²) >= 11 is 0. The first-order chi connectivity index (χ1) is 40.7. The maximum atomic E-state index is 6.56. The Balaban J connectivity index is 0.932. The Hall–Kier alpha value is -11.2. The van der Waals surface area contributed by atoms with E-state index in [4.69, 9.17) is 14.4 Å². The lowest BCUT2D eigenvalue weighted by molar-refractivity contribution is 0.669. The van der Waals surface area contributed by atoms with E-state index in [0.29, 0.717) is 5.95 Å². The molecule has 0 aliphatic heterocycles. The molecular weight excluding hydrogens is 1000 g/mol. The highest BCUT2D eigenvalue weighted by Gasteiger charge is 2.25. The molecule has 0 bridgehead atoms. The van der Waals surface area contributed by atoms with Crippen molar-refractivity contribution < 1.29 is 4.42 Å². The second kappa shape index (κ2) is 18.2. The van der Waals surface area contributed by atoms with Gasteiger partial charge in [0.1, 0.15) is 11.2 Å². The number of fused-ring (bicyclic) bond motifs is 13. The van der Waals surface area contributed by atoms with Crippen LogP contribution in [-0.2, 0) is 0 Å². The molecule has 0 aliphatic rings. The van der Waals surface area contributed by atoms with Crippen LogP contribution in [0, 0.1) is 0 Å². The monoisotopic (exact) mass is 1050 g/mol. The molecule has 0 amide bonds. The van der Waals surface area contributed by atoms with Gasteiger partial charge in [0.15, 0.2) is 5.82 Å². The standard InChI is InChI=1S/C74H47N7O/c1-5-21-48(22-6-1)77(49-23-7-2-8-24-49)52-38-41-68-59(43-52)55-29-14-18-34-66(55)80(68)73-63-45-54(79-65-33-17-13-31-57(65)61-46-62-58-32-16-20-36-71(58)82-72(62)47-70(61)79)37-40-64(63)75-74(76-73)81-67-35-19-15-30-56(67)60-44-53(39-42-69(60)81)78(50-25-9-3-10-26-50)51-27-11-4-12-28-51/h1-47H. The van der Waals surface area contributed by atoms with E-state index in [1.54, 1.807) is 0 Å². The summed E-state index contributed by atoms with van der Waals surface area (Å²) in [5.41, 5.74) is 16.2. The molecular formula is C74H47N7O. The minimum Gasteiger partial charge on any atom is -0.456 e. The molecule has 0 atom stereocenters. The molecule has 8 heteroatoms. The normalized spacial score (nSPS) is 11.9. The van der Waals surface area contributed by atoms with Crippen molar-refractivity contribution in [2.45, 2.75) is 0 Å². The number of para-hydroxylation sites is 8. The molecule has 0 saturated carbocycles. The fraction of sp³-hybridized carbons (Fsp3) is 0. The van der Waals surface area contributed by atoms with Gasteiger partial charge in [-0.25, -0.2) is 4.98 Å². The lowest BCUT2D eigenvalue weighted by Gasteiger charge is -2.25. The van der Waals surface area contributed by atoms with Crippen molar-refractivity contribution >= 4 is 132 Å². The Kier molecular flexibility index (Phi) is 10.1. The second-order valence-corrected chi connectivity index (χ2v) is 21.0. The molecule has 17 rings (SSSR count). The van der Waals surface area contributed by atoms with Crippen molar-refractivity contribution in [1.29, 1.82) is 0 Å². The van der Waals surface area contributed by atoms with Gasteiger partial charge in [-0.2, -0.15) is 4.98 Å². The fourth-order valence-electron chi connectivity index (χ4n) is 12.8. The third-order valence-corrected chi connectivity index (χ3v) is 16.4. The topological polar surface area (TPSA) is 60.2 Å². The number of nitrogens with zero attached hydrogens (tertiary/aromatic N) is 7. The second-order valence-electron chi connectivity index (χ2n) is 21.0. The Morgan fingerprint density at radius 2 is 0.695 bits per heavy atom. The van der Waals surface area contributed by atoms with Gasteiger partial charge in [0.05, 0.1) is 38.6 Å². The molecule has 0 saturated heterocycles. The lowest BCUT2D eigenvalue weighted by atomic mass is 10.1. The molecule has 5 aromatic heterocycles. The van der Waals surface area contributed by atoms with E-state index < -0.39 is 0 Å². The van der Waals surface area contributed by atoms with Crippen molar-refractivity contribution in [3.63, 3.8) is 0 Å². The number of benzene rings is 12. The van der Waals surface area contributed by atoms with Crippen LogP contribution in [0.25, 0.3) is 116 Å². The van der Waals surface area contributed by atoms with Crippen molar-refractivity contribution in [2.24, 2.45) is 0 Å². The van der Waals surface area contributed by atoms with E-state index in [1.807, 2.05) is 12.1 Å². The maximum Gasteiger partial charge on any atom is 0.237 e. The highest BCUT2D eigenvalue weighted by molar-refractivity contribution is 6.18. The van der Waals surface area contributed by atoms with Gasteiger partial charge < -0.3 is 18.8 Å². The van der Waals surface area contributed by atoms with Crippen molar-refractivity contribution in [1.82, 2.24) is 23.7 Å². The molecule has 0 spiro atoms. The van der Waals surface area contributed by atoms with Crippen LogP contribution in [0.2, 0.25) is 0 Å². The molecule has 82 heavy (non-hydrogen) atoms. The van der Waals surface area contributed by atoms with Crippen molar-refractivity contribution in [3.05, 3.63) is 285 Å². The summed E-state index contributed by atoms with van der Waals surface area (Å²) < 4.78 is 13.5. The molecule has 8 nitrogen and oxygen atoms in total. The predicted molar refractivity (Wildman–Crippen MR) is 339 cm³/mol. The van der Waals surface area contributed by atoms with E-state index in [0.717, 1.165) is 139 Å². The van der Waals surface area contributed by atoms with Gasteiger partial charge in [-0.1, -0.05) is 146 Å². The average Bonchev–Trinajstić information content (AvgIpc) is 3.55. The number of hydrogen-bond acceptors (Lipinski definition) is 5. The summed E-state index contributed by atoms with van der Waals surface area (Å²) in [5, 5.41) is 9.87. The summed E-state index contributed by atoms with van der Waals surface area (Å²) in [7, 11) is 0. The minimum atomic E-state index is 0.572. The Labute approximate surface area is 470 Å². The van der Waals surface area contributed by atoms with E-state index in [2.05, 4.69) is 296 Å². The molecule has 5 heterocycles. The summed E-state index contributed by atoms with van der Waals surface area (Å²) in [6, 6.07) is 101. The van der Waals surface area contributed by atoms with Gasteiger partial charge >= 0.3 is 0 Å². The van der Waals surface area contributed by atoms with Crippen LogP contribution in [0.1, 0.15) is 0 Å². The van der Waals surface area contributed by atoms with Crippen LogP contribution in [0.4, 0.5) is 34.1 Å². The number of hydrogen-bond donors (Lipinski definition) is 0. The van der Waals surface area contributed by atoms with Gasteiger partial charge in [-0.05, 0) is 133 Å². The average molecular weight is 1050 g/mol. The van der Waals surface area contributed by atoms with Gasteiger partial charge in [-0.15, -0.1) is 0 Å². The van der Waals surface area contributed by atoms with E-state index in [9.17, 15) is 0 Å². The molecule has 0 radical (unpaired) electrons. The molecule has 12 aromatic carbocycles. The first kappa shape index (κ1) is 45.8. The van der Waals surface area contributed by atoms with Gasteiger partial charge in [-0.3, -0.25) is 9.13 Å². The molecule has 0 unspecified atom stereocenters. The van der Waals surface area contributed by atoms with Crippen molar-refractivity contribution in [2.75, 3.05) is 9.80 Å². The molecule has 0 fully saturated rings. The van der Waals surface area contributed by atoms with Crippen LogP contribution < -0.4 is 9.80 Å². The van der Waals surface area contributed by atoms with Crippen LogP contribution in [0.3, 0.4) is 0 Å². The largest absolute Gasteiger partial charge is 0.456 e. The molecule has 17 aromatic rings. The van der Waals surface area contributed by atoms with Crippen LogP contribution in [0.5, 0.6) is 0 Å². The number of aromatic nitrogens is 5. The summed E-state index contributed by atoms with van der Waals surface area (Å²) in [4.78, 5) is 16.1. The quantitative estimate of drug-likeness (QED) is 0.144. The minimum absolute atomic E-state index is 0.572. The number of anilines is 6. The van der Waals surface area contributed by atoms with E-state index in [-0.39, 0.29) is 0 Å². The van der Waals surface area contributed by atoms with Gasteiger partial charge in [0.2, 0.25) is 5.95 Å².